The van der Waals surface area contributed by atoms with E-state index in [0.717, 1.165) is 38.2 Å². The molecule has 4 aliphatic heterocycles. The number of carbonyl (C=O) groups is 2. The Morgan fingerprint density at radius 2 is 1.96 bits per heavy atom. The van der Waals surface area contributed by atoms with Gasteiger partial charge in [0.25, 0.3) is 0 Å². The van der Waals surface area contributed by atoms with Gasteiger partial charge in [0.1, 0.15) is 0 Å². The second kappa shape index (κ2) is 7.55. The molecule has 5 rings (SSSR count). The molecule has 4 atom stereocenters. The molecule has 0 saturated carbocycles. The third-order valence-electron chi connectivity index (χ3n) is 6.60. The smallest absolute Gasteiger partial charge is 0.227 e. The van der Waals surface area contributed by atoms with Crippen LogP contribution in [0, 0.1) is 17.8 Å². The summed E-state index contributed by atoms with van der Waals surface area (Å²) in [5.74, 6) is 0.455. The summed E-state index contributed by atoms with van der Waals surface area (Å²) in [5.41, 5.74) is 11.8. The van der Waals surface area contributed by atoms with E-state index in [2.05, 4.69) is 15.2 Å². The van der Waals surface area contributed by atoms with Crippen molar-refractivity contribution in [1.82, 2.24) is 24.8 Å². The summed E-state index contributed by atoms with van der Waals surface area (Å²) >= 11 is 0. The lowest BCUT2D eigenvalue weighted by Crippen LogP contribution is -2.59. The van der Waals surface area contributed by atoms with Gasteiger partial charge in [0.2, 0.25) is 11.8 Å². The van der Waals surface area contributed by atoms with Crippen molar-refractivity contribution in [3.05, 3.63) is 11.9 Å². The zero-order chi connectivity index (χ0) is 19.0. The predicted molar refractivity (Wildman–Crippen MR) is 98.0 cm³/mol. The average molecular weight is 375 g/mol. The maximum Gasteiger partial charge on any atom is 0.227 e. The fourth-order valence-corrected chi connectivity index (χ4v) is 4.96. The van der Waals surface area contributed by atoms with Crippen LogP contribution in [-0.2, 0) is 22.7 Å². The molecule has 2 amide bonds. The van der Waals surface area contributed by atoms with Crippen LogP contribution in [0.25, 0.3) is 0 Å². The van der Waals surface area contributed by atoms with Crippen LogP contribution in [-0.4, -0.2) is 68.8 Å². The average Bonchev–Trinajstić information content (AvgIpc) is 3.15. The number of piperidine rings is 4. The van der Waals surface area contributed by atoms with Crippen molar-refractivity contribution < 1.29 is 9.59 Å². The number of nitrogens with two attached hydrogens (primary N) is 2. The molecule has 0 aliphatic carbocycles. The molecule has 4 fully saturated rings. The Morgan fingerprint density at radius 3 is 2.56 bits per heavy atom. The number of rotatable bonds is 5. The van der Waals surface area contributed by atoms with E-state index >= 15 is 0 Å². The summed E-state index contributed by atoms with van der Waals surface area (Å²) in [6, 6.07) is 0.403. The summed E-state index contributed by atoms with van der Waals surface area (Å²) in [4.78, 5) is 28.8. The molecule has 4 saturated heterocycles. The van der Waals surface area contributed by atoms with Crippen molar-refractivity contribution in [1.29, 1.82) is 0 Å². The normalized spacial score (nSPS) is 31.2. The van der Waals surface area contributed by atoms with Crippen molar-refractivity contribution in [3.63, 3.8) is 0 Å². The van der Waals surface area contributed by atoms with E-state index in [0.29, 0.717) is 44.4 Å². The number of nitrogens with zero attached hydrogens (tertiary/aromatic N) is 5. The highest BCUT2D eigenvalue weighted by Crippen LogP contribution is 2.38. The van der Waals surface area contributed by atoms with Gasteiger partial charge >= 0.3 is 0 Å². The molecule has 27 heavy (non-hydrogen) atoms. The summed E-state index contributed by atoms with van der Waals surface area (Å²) in [7, 11) is 0. The van der Waals surface area contributed by atoms with Crippen LogP contribution in [0.2, 0.25) is 0 Å². The zero-order valence-corrected chi connectivity index (χ0v) is 15.7. The van der Waals surface area contributed by atoms with Crippen LogP contribution in [0.5, 0.6) is 0 Å². The molecule has 9 heteroatoms. The summed E-state index contributed by atoms with van der Waals surface area (Å²) in [5, 5.41) is 8.22. The number of primary amides is 1. The third-order valence-corrected chi connectivity index (χ3v) is 6.60. The first-order chi connectivity index (χ1) is 13.0. The Kier molecular flexibility index (Phi) is 5.14. The van der Waals surface area contributed by atoms with Crippen LogP contribution >= 0.6 is 0 Å². The van der Waals surface area contributed by atoms with Crippen LogP contribution in [0.1, 0.15) is 31.4 Å². The highest BCUT2D eigenvalue weighted by Gasteiger charge is 2.45. The number of likely N-dealkylation sites (tertiary alicyclic amines) is 1. The van der Waals surface area contributed by atoms with Crippen LogP contribution in [0.3, 0.4) is 0 Å². The second-order valence-corrected chi connectivity index (χ2v) is 8.18. The van der Waals surface area contributed by atoms with Crippen molar-refractivity contribution in [3.8, 4) is 0 Å². The predicted octanol–water partition coefficient (Wildman–Crippen LogP) is -0.829. The number of amides is 2. The molecule has 0 radical (unpaired) electrons. The standard InChI is InChI=1S/C18H29N7O2/c19-8-14-9-25(22-21-14)10-15-7-13-3-6-24(15)11-16(13)18(27)23-4-1-12(2-5-23)17(20)26/h9,12-13,15-16H,1-8,10-11,19H2,(H2,20,26)/t13-,15-,16+/m1/s1. The topological polar surface area (TPSA) is 123 Å². The van der Waals surface area contributed by atoms with Gasteiger partial charge in [-0.05, 0) is 38.1 Å². The molecule has 1 unspecified atom stereocenters. The van der Waals surface area contributed by atoms with Gasteiger partial charge in [0.15, 0.2) is 0 Å². The number of hydrogen-bond donors (Lipinski definition) is 2. The van der Waals surface area contributed by atoms with Gasteiger partial charge in [0, 0.05) is 44.3 Å². The highest BCUT2D eigenvalue weighted by molar-refractivity contribution is 5.81. The lowest BCUT2D eigenvalue weighted by atomic mass is 9.74. The number of hydrogen-bond acceptors (Lipinski definition) is 6. The van der Waals surface area contributed by atoms with E-state index in [1.54, 1.807) is 0 Å². The number of carbonyl (C=O) groups excluding carboxylic acids is 2. The van der Waals surface area contributed by atoms with E-state index in [1.165, 1.54) is 0 Å². The van der Waals surface area contributed by atoms with Gasteiger partial charge < -0.3 is 16.4 Å². The highest BCUT2D eigenvalue weighted by atomic mass is 16.2. The lowest BCUT2D eigenvalue weighted by Gasteiger charge is -2.50. The fraction of sp³-hybridized carbons (Fsp3) is 0.778. The molecule has 2 bridgehead atoms. The van der Waals surface area contributed by atoms with Crippen molar-refractivity contribution in [2.24, 2.45) is 29.2 Å². The van der Waals surface area contributed by atoms with Gasteiger partial charge in [0.05, 0.1) is 18.2 Å². The van der Waals surface area contributed by atoms with E-state index < -0.39 is 0 Å². The first-order valence-electron chi connectivity index (χ1n) is 9.96. The molecule has 1 aromatic rings. The van der Waals surface area contributed by atoms with Gasteiger partial charge in [-0.1, -0.05) is 5.21 Å². The first kappa shape index (κ1) is 18.4. The minimum Gasteiger partial charge on any atom is -0.369 e. The molecule has 0 aromatic carbocycles. The minimum absolute atomic E-state index is 0.0777. The first-order valence-corrected chi connectivity index (χ1v) is 9.96. The van der Waals surface area contributed by atoms with Crippen LogP contribution in [0.4, 0.5) is 0 Å². The zero-order valence-electron chi connectivity index (χ0n) is 15.7. The molecule has 5 heterocycles. The largest absolute Gasteiger partial charge is 0.369 e. The summed E-state index contributed by atoms with van der Waals surface area (Å²) < 4.78 is 1.87. The number of fused-ring (bicyclic) bond motifs is 3. The maximum absolute atomic E-state index is 13.1. The molecule has 4 aliphatic rings. The maximum atomic E-state index is 13.1. The van der Waals surface area contributed by atoms with E-state index in [4.69, 9.17) is 11.5 Å². The van der Waals surface area contributed by atoms with Gasteiger partial charge in [-0.3, -0.25) is 19.2 Å². The Balaban J connectivity index is 1.34. The summed E-state index contributed by atoms with van der Waals surface area (Å²) in [6.45, 7) is 4.37. The fourth-order valence-electron chi connectivity index (χ4n) is 4.96. The van der Waals surface area contributed by atoms with E-state index in [-0.39, 0.29) is 23.7 Å². The molecule has 4 N–H and O–H groups in total. The van der Waals surface area contributed by atoms with Gasteiger partial charge in [-0.15, -0.1) is 5.10 Å². The molecular formula is C18H29N7O2. The molecular weight excluding hydrogens is 346 g/mol. The van der Waals surface area contributed by atoms with Crippen LogP contribution < -0.4 is 11.5 Å². The van der Waals surface area contributed by atoms with E-state index in [1.807, 2.05) is 15.8 Å². The monoisotopic (exact) mass is 375 g/mol. The summed E-state index contributed by atoms with van der Waals surface area (Å²) in [6.07, 6.45) is 5.40. The number of aromatic nitrogens is 3. The molecule has 148 valence electrons. The minimum atomic E-state index is -0.237. The molecule has 1 aromatic heterocycles. The second-order valence-electron chi connectivity index (χ2n) is 8.18. The van der Waals surface area contributed by atoms with Crippen molar-refractivity contribution in [2.45, 2.75) is 44.8 Å². The Bertz CT molecular complexity index is 698. The van der Waals surface area contributed by atoms with Gasteiger partial charge in [-0.2, -0.15) is 0 Å². The van der Waals surface area contributed by atoms with Crippen molar-refractivity contribution >= 4 is 11.8 Å². The Morgan fingerprint density at radius 1 is 1.19 bits per heavy atom. The molecule has 0 spiro atoms. The third kappa shape index (κ3) is 3.70. The van der Waals surface area contributed by atoms with Gasteiger partial charge in [-0.25, -0.2) is 0 Å². The van der Waals surface area contributed by atoms with E-state index in [9.17, 15) is 9.59 Å². The SMILES string of the molecule is NCc1cn(C[C@H]2C[C@H]3CCN2C[C@@H]3C(=O)N2CCC(C(N)=O)CC2)nn1. The Hall–Kier alpha value is -2.00. The Labute approximate surface area is 159 Å². The van der Waals surface area contributed by atoms with Crippen molar-refractivity contribution in [2.75, 3.05) is 26.2 Å². The molecule has 9 nitrogen and oxygen atoms in total. The lowest BCUT2D eigenvalue weighted by molar-refractivity contribution is -0.146. The van der Waals surface area contributed by atoms with Crippen LogP contribution in [0.15, 0.2) is 6.20 Å². The quantitative estimate of drug-likeness (QED) is 0.692.